The Hall–Kier alpha value is -1.02. The number of nitrogens with zero attached hydrogens (tertiary/aromatic N) is 2. The summed E-state index contributed by atoms with van der Waals surface area (Å²) in [5, 5.41) is 6.12. The topological polar surface area (TPSA) is 66.4 Å². The molecular weight excluding hydrogens is 443 g/mol. The number of fused-ring (bicyclic) bond motifs is 4. The van der Waals surface area contributed by atoms with Crippen LogP contribution in [-0.2, 0) is 11.3 Å². The zero-order valence-electron chi connectivity index (χ0n) is 15.5. The van der Waals surface area contributed by atoms with Gasteiger partial charge in [0.25, 0.3) is 5.56 Å². The first kappa shape index (κ1) is 21.7. The van der Waals surface area contributed by atoms with Gasteiger partial charge in [0.2, 0.25) is 9.70 Å². The third-order valence-corrected chi connectivity index (χ3v) is 6.18. The Morgan fingerprint density at radius 1 is 1.29 bits per heavy atom. The average molecular weight is 466 g/mol. The van der Waals surface area contributed by atoms with Crippen LogP contribution >= 0.6 is 47.0 Å². The maximum atomic E-state index is 12.1. The molecule has 154 valence electrons. The quantitative estimate of drug-likeness (QED) is 0.407. The molecule has 2 unspecified atom stereocenters. The van der Waals surface area contributed by atoms with Gasteiger partial charge in [0.15, 0.2) is 5.11 Å². The highest BCUT2D eigenvalue weighted by Gasteiger charge is 2.38. The molecule has 2 aliphatic heterocycles. The molecular formula is C18H23Cl3N4O2S. The van der Waals surface area contributed by atoms with Crippen LogP contribution in [0.5, 0.6) is 0 Å². The van der Waals surface area contributed by atoms with E-state index in [4.69, 9.17) is 47.0 Å². The third-order valence-electron chi connectivity index (χ3n) is 5.14. The Kier molecular flexibility index (Phi) is 6.80. The van der Waals surface area contributed by atoms with Crippen molar-refractivity contribution in [2.45, 2.75) is 48.6 Å². The molecule has 28 heavy (non-hydrogen) atoms. The van der Waals surface area contributed by atoms with Crippen LogP contribution in [0.4, 0.5) is 0 Å². The first-order valence-corrected chi connectivity index (χ1v) is 10.8. The average Bonchev–Trinajstić information content (AvgIpc) is 2.61. The van der Waals surface area contributed by atoms with Crippen molar-refractivity contribution in [2.24, 2.45) is 5.92 Å². The predicted molar refractivity (Wildman–Crippen MR) is 116 cm³/mol. The molecule has 1 saturated heterocycles. The molecule has 6 nitrogen and oxygen atoms in total. The van der Waals surface area contributed by atoms with E-state index in [2.05, 4.69) is 10.6 Å². The Morgan fingerprint density at radius 3 is 2.71 bits per heavy atom. The normalized spacial score (nSPS) is 22.2. The van der Waals surface area contributed by atoms with Gasteiger partial charge in [-0.15, -0.1) is 0 Å². The second kappa shape index (κ2) is 8.78. The summed E-state index contributed by atoms with van der Waals surface area (Å²) in [7, 11) is 0. The van der Waals surface area contributed by atoms with Gasteiger partial charge >= 0.3 is 0 Å². The molecule has 2 N–H and O–H groups in total. The molecule has 3 heterocycles. The first-order valence-electron chi connectivity index (χ1n) is 9.30. The monoisotopic (exact) mass is 464 g/mol. The van der Waals surface area contributed by atoms with Crippen molar-refractivity contribution in [1.82, 2.24) is 20.1 Å². The summed E-state index contributed by atoms with van der Waals surface area (Å²) in [4.78, 5) is 26.2. The Bertz CT molecular complexity index is 811. The summed E-state index contributed by atoms with van der Waals surface area (Å²) in [6, 6.07) is 5.39. The number of alkyl halides is 3. The number of pyridine rings is 1. The number of amides is 1. The van der Waals surface area contributed by atoms with Gasteiger partial charge in [-0.05, 0) is 37.0 Å². The lowest BCUT2D eigenvalue weighted by Crippen LogP contribution is -2.60. The fourth-order valence-corrected chi connectivity index (χ4v) is 4.53. The van der Waals surface area contributed by atoms with Crippen LogP contribution in [0.1, 0.15) is 37.8 Å². The van der Waals surface area contributed by atoms with E-state index < -0.39 is 9.96 Å². The van der Waals surface area contributed by atoms with Crippen LogP contribution in [0, 0.1) is 5.92 Å². The number of thiocarbonyl (C=S) groups is 1. The Balaban J connectivity index is 1.71. The van der Waals surface area contributed by atoms with Crippen molar-refractivity contribution in [3.05, 3.63) is 34.2 Å². The molecule has 10 heteroatoms. The van der Waals surface area contributed by atoms with Gasteiger partial charge in [-0.2, -0.15) is 0 Å². The zero-order valence-corrected chi connectivity index (χ0v) is 18.5. The molecule has 2 aliphatic rings. The van der Waals surface area contributed by atoms with E-state index in [0.29, 0.717) is 43.5 Å². The van der Waals surface area contributed by atoms with Gasteiger partial charge in [0, 0.05) is 43.7 Å². The Labute approximate surface area is 184 Å². The highest BCUT2D eigenvalue weighted by Crippen LogP contribution is 2.35. The van der Waals surface area contributed by atoms with Gasteiger partial charge in [-0.25, -0.2) is 0 Å². The molecule has 0 radical (unpaired) electrons. The van der Waals surface area contributed by atoms with E-state index in [1.54, 1.807) is 12.1 Å². The molecule has 3 rings (SSSR count). The fourth-order valence-electron chi connectivity index (χ4n) is 3.94. The van der Waals surface area contributed by atoms with Crippen molar-refractivity contribution in [3.8, 4) is 0 Å². The molecule has 1 aromatic heterocycles. The molecule has 1 fully saturated rings. The van der Waals surface area contributed by atoms with E-state index in [1.807, 2.05) is 22.5 Å². The lowest BCUT2D eigenvalue weighted by Gasteiger charge is -2.44. The minimum absolute atomic E-state index is 0.0382. The van der Waals surface area contributed by atoms with Crippen LogP contribution < -0.4 is 16.2 Å². The van der Waals surface area contributed by atoms with Crippen LogP contribution in [0.2, 0.25) is 0 Å². The lowest BCUT2D eigenvalue weighted by atomic mass is 9.83. The van der Waals surface area contributed by atoms with Crippen molar-refractivity contribution in [1.29, 1.82) is 0 Å². The SMILES string of the molecule is CCCC(=O)NC(NC(=S)N1CC2C[C@H](C1)Cn1c2cccc1=O)C(Cl)(Cl)Cl. The van der Waals surface area contributed by atoms with E-state index in [1.165, 1.54) is 0 Å². The number of rotatable bonds is 4. The summed E-state index contributed by atoms with van der Waals surface area (Å²) in [6.07, 6.45) is 1.12. The fraction of sp³-hybridized carbons (Fsp3) is 0.611. The van der Waals surface area contributed by atoms with Crippen molar-refractivity contribution in [2.75, 3.05) is 13.1 Å². The van der Waals surface area contributed by atoms with Crippen LogP contribution in [-0.4, -0.2) is 43.5 Å². The van der Waals surface area contributed by atoms with Crippen LogP contribution in [0.15, 0.2) is 23.0 Å². The molecule has 0 saturated carbocycles. The number of hydrogen-bond acceptors (Lipinski definition) is 3. The number of nitrogens with one attached hydrogen (secondary N) is 2. The van der Waals surface area contributed by atoms with Crippen molar-refractivity contribution >= 4 is 58.0 Å². The van der Waals surface area contributed by atoms with Crippen LogP contribution in [0.25, 0.3) is 0 Å². The van der Waals surface area contributed by atoms with E-state index >= 15 is 0 Å². The number of carbonyl (C=O) groups excluding carboxylic acids is 1. The van der Waals surface area contributed by atoms with Gasteiger partial charge in [-0.3, -0.25) is 9.59 Å². The lowest BCUT2D eigenvalue weighted by molar-refractivity contribution is -0.121. The van der Waals surface area contributed by atoms with Crippen molar-refractivity contribution < 1.29 is 4.79 Å². The molecule has 0 aromatic carbocycles. The maximum absolute atomic E-state index is 12.1. The molecule has 2 bridgehead atoms. The second-order valence-electron chi connectivity index (χ2n) is 7.34. The molecule has 3 atom stereocenters. The summed E-state index contributed by atoms with van der Waals surface area (Å²) in [6.45, 7) is 3.95. The van der Waals surface area contributed by atoms with Gasteiger partial charge in [0.05, 0.1) is 0 Å². The number of carbonyl (C=O) groups is 1. The standard InChI is InChI=1S/C18H23Cl3N4O2S/c1-2-4-14(26)22-16(18(19,20)21)23-17(28)24-8-11-7-12(10-24)13-5-3-6-15(27)25(13)9-11/h3,5-6,11-12,16H,2,4,7-10H2,1H3,(H,22,26)(H,23,28)/t11-,12?,16?/m1/s1. The van der Waals surface area contributed by atoms with E-state index in [0.717, 1.165) is 12.1 Å². The summed E-state index contributed by atoms with van der Waals surface area (Å²) in [5.41, 5.74) is 1.07. The van der Waals surface area contributed by atoms with E-state index in [9.17, 15) is 9.59 Å². The number of hydrogen-bond donors (Lipinski definition) is 2. The molecule has 0 aliphatic carbocycles. The maximum Gasteiger partial charge on any atom is 0.250 e. The largest absolute Gasteiger partial charge is 0.348 e. The van der Waals surface area contributed by atoms with Gasteiger partial charge in [0.1, 0.15) is 6.17 Å². The summed E-state index contributed by atoms with van der Waals surface area (Å²) < 4.78 is 0.112. The molecule has 0 spiro atoms. The highest BCUT2D eigenvalue weighted by molar-refractivity contribution is 7.80. The van der Waals surface area contributed by atoms with Crippen LogP contribution in [0.3, 0.4) is 0 Å². The Morgan fingerprint density at radius 2 is 2.04 bits per heavy atom. The first-order chi connectivity index (χ1) is 13.2. The third kappa shape index (κ3) is 4.93. The number of halogens is 3. The number of likely N-dealkylation sites (tertiary alicyclic amines) is 1. The summed E-state index contributed by atoms with van der Waals surface area (Å²) in [5.74, 6) is 0.312. The highest BCUT2D eigenvalue weighted by atomic mass is 35.6. The van der Waals surface area contributed by atoms with Crippen molar-refractivity contribution in [3.63, 3.8) is 0 Å². The molecule has 1 aromatic rings. The smallest absolute Gasteiger partial charge is 0.250 e. The van der Waals surface area contributed by atoms with Gasteiger partial charge in [-0.1, -0.05) is 47.8 Å². The molecule has 1 amide bonds. The van der Waals surface area contributed by atoms with Gasteiger partial charge < -0.3 is 20.1 Å². The van der Waals surface area contributed by atoms with E-state index in [-0.39, 0.29) is 17.4 Å². The second-order valence-corrected chi connectivity index (χ2v) is 10.1. The minimum Gasteiger partial charge on any atom is -0.348 e. The summed E-state index contributed by atoms with van der Waals surface area (Å²) >= 11 is 23.7. The minimum atomic E-state index is -1.75. The number of piperidine rings is 1. The predicted octanol–water partition coefficient (Wildman–Crippen LogP) is 2.75. The number of aromatic nitrogens is 1. The zero-order chi connectivity index (χ0) is 20.5.